The number of likely N-dealkylation sites (tertiary alicyclic amines) is 1. The third-order valence-corrected chi connectivity index (χ3v) is 4.54. The Morgan fingerprint density at radius 2 is 2.00 bits per heavy atom. The van der Waals surface area contributed by atoms with Crippen LogP contribution in [0.15, 0.2) is 30.3 Å². The number of nitrogens with zero attached hydrogens (tertiary/aromatic N) is 1. The molecule has 1 aromatic carbocycles. The van der Waals surface area contributed by atoms with Crippen LogP contribution in [0.5, 0.6) is 0 Å². The van der Waals surface area contributed by atoms with Gasteiger partial charge in [0.05, 0.1) is 6.54 Å². The minimum atomic E-state index is 0.422. The van der Waals surface area contributed by atoms with Gasteiger partial charge in [-0.05, 0) is 36.8 Å². The molecule has 0 aromatic heterocycles. The highest BCUT2D eigenvalue weighted by atomic mass is 15.2. The van der Waals surface area contributed by atoms with Gasteiger partial charge in [-0.3, -0.25) is 4.90 Å². The van der Waals surface area contributed by atoms with E-state index in [4.69, 9.17) is 5.73 Å². The standard InChI is InChI=1S/C17H22N2/c18-17-10-4-9-15-12-19(13-16(15)17)11-5-8-14-6-2-1-3-7-14/h1-3,6-7,15-17H,4,9-13,18H2. The van der Waals surface area contributed by atoms with Crippen molar-refractivity contribution in [2.45, 2.75) is 25.3 Å². The molecule has 2 aliphatic rings. The summed E-state index contributed by atoms with van der Waals surface area (Å²) in [6.07, 6.45) is 3.89. The molecule has 19 heavy (non-hydrogen) atoms. The van der Waals surface area contributed by atoms with Crippen LogP contribution < -0.4 is 5.73 Å². The first kappa shape index (κ1) is 12.7. The average Bonchev–Trinajstić information content (AvgIpc) is 2.84. The zero-order chi connectivity index (χ0) is 13.1. The van der Waals surface area contributed by atoms with Gasteiger partial charge >= 0.3 is 0 Å². The van der Waals surface area contributed by atoms with Crippen molar-refractivity contribution in [1.82, 2.24) is 4.90 Å². The van der Waals surface area contributed by atoms with Crippen molar-refractivity contribution >= 4 is 0 Å². The van der Waals surface area contributed by atoms with Gasteiger partial charge in [-0.25, -0.2) is 0 Å². The van der Waals surface area contributed by atoms with Gasteiger partial charge in [0.2, 0.25) is 0 Å². The zero-order valence-corrected chi connectivity index (χ0v) is 11.4. The first-order chi connectivity index (χ1) is 9.33. The maximum absolute atomic E-state index is 6.24. The molecule has 2 nitrogen and oxygen atoms in total. The van der Waals surface area contributed by atoms with Crippen molar-refractivity contribution < 1.29 is 0 Å². The van der Waals surface area contributed by atoms with E-state index >= 15 is 0 Å². The van der Waals surface area contributed by atoms with Crippen LogP contribution in [0.2, 0.25) is 0 Å². The molecule has 1 aliphatic carbocycles. The summed E-state index contributed by atoms with van der Waals surface area (Å²) in [5, 5.41) is 0. The molecule has 1 saturated carbocycles. The third kappa shape index (κ3) is 3.00. The predicted octanol–water partition coefficient (Wildman–Crippen LogP) is 2.10. The van der Waals surface area contributed by atoms with Crippen LogP contribution in [0.1, 0.15) is 24.8 Å². The van der Waals surface area contributed by atoms with E-state index in [0.29, 0.717) is 12.0 Å². The smallest absolute Gasteiger partial charge is 0.0605 e. The Morgan fingerprint density at radius 3 is 2.79 bits per heavy atom. The lowest BCUT2D eigenvalue weighted by atomic mass is 9.78. The Labute approximate surface area is 116 Å². The molecule has 2 fully saturated rings. The van der Waals surface area contributed by atoms with Gasteiger partial charge in [-0.1, -0.05) is 36.5 Å². The molecule has 0 bridgehead atoms. The first-order valence-corrected chi connectivity index (χ1v) is 7.35. The molecule has 0 radical (unpaired) electrons. The van der Waals surface area contributed by atoms with Crippen molar-refractivity contribution in [1.29, 1.82) is 0 Å². The number of hydrogen-bond donors (Lipinski definition) is 1. The lowest BCUT2D eigenvalue weighted by molar-refractivity contribution is 0.259. The fourth-order valence-electron chi connectivity index (χ4n) is 3.51. The van der Waals surface area contributed by atoms with Crippen LogP contribution >= 0.6 is 0 Å². The summed E-state index contributed by atoms with van der Waals surface area (Å²) in [4.78, 5) is 2.48. The van der Waals surface area contributed by atoms with E-state index in [9.17, 15) is 0 Å². The van der Waals surface area contributed by atoms with Crippen LogP contribution in [-0.4, -0.2) is 30.6 Å². The van der Waals surface area contributed by atoms with E-state index < -0.39 is 0 Å². The Hall–Kier alpha value is -1.30. The number of rotatable bonds is 1. The van der Waals surface area contributed by atoms with Crippen LogP contribution in [0.3, 0.4) is 0 Å². The maximum Gasteiger partial charge on any atom is 0.0605 e. The second kappa shape index (κ2) is 5.77. The lowest BCUT2D eigenvalue weighted by Crippen LogP contribution is -2.38. The Morgan fingerprint density at radius 1 is 1.16 bits per heavy atom. The van der Waals surface area contributed by atoms with E-state index in [1.807, 2.05) is 18.2 Å². The normalized spacial score (nSPS) is 30.5. The van der Waals surface area contributed by atoms with Gasteiger partial charge < -0.3 is 5.73 Å². The Kier molecular flexibility index (Phi) is 3.87. The summed E-state index contributed by atoms with van der Waals surface area (Å²) in [7, 11) is 0. The second-order valence-electron chi connectivity index (χ2n) is 5.88. The summed E-state index contributed by atoms with van der Waals surface area (Å²) in [5.41, 5.74) is 7.35. The molecule has 1 aliphatic heterocycles. The van der Waals surface area contributed by atoms with Crippen molar-refractivity contribution in [3.05, 3.63) is 35.9 Å². The number of fused-ring (bicyclic) bond motifs is 1. The summed E-state index contributed by atoms with van der Waals surface area (Å²) in [5.74, 6) is 8.08. The van der Waals surface area contributed by atoms with E-state index in [2.05, 4.69) is 28.9 Å². The van der Waals surface area contributed by atoms with Crippen LogP contribution in [0, 0.1) is 23.7 Å². The van der Waals surface area contributed by atoms with Gasteiger partial charge in [0.1, 0.15) is 0 Å². The molecule has 1 aromatic rings. The second-order valence-corrected chi connectivity index (χ2v) is 5.88. The molecule has 1 saturated heterocycles. The highest BCUT2D eigenvalue weighted by Crippen LogP contribution is 2.35. The zero-order valence-electron chi connectivity index (χ0n) is 11.4. The Bertz CT molecular complexity index is 471. The Balaban J connectivity index is 1.56. The molecule has 1 heterocycles. The summed E-state index contributed by atoms with van der Waals surface area (Å²) in [6, 6.07) is 10.6. The summed E-state index contributed by atoms with van der Waals surface area (Å²) >= 11 is 0. The predicted molar refractivity (Wildman–Crippen MR) is 78.6 cm³/mol. The largest absolute Gasteiger partial charge is 0.327 e. The third-order valence-electron chi connectivity index (χ3n) is 4.54. The average molecular weight is 254 g/mol. The molecule has 2 N–H and O–H groups in total. The van der Waals surface area contributed by atoms with E-state index in [-0.39, 0.29) is 0 Å². The quantitative estimate of drug-likeness (QED) is 0.778. The highest BCUT2D eigenvalue weighted by molar-refractivity contribution is 5.33. The van der Waals surface area contributed by atoms with E-state index in [0.717, 1.165) is 24.6 Å². The van der Waals surface area contributed by atoms with Gasteiger partial charge in [-0.2, -0.15) is 0 Å². The van der Waals surface area contributed by atoms with Gasteiger partial charge in [-0.15, -0.1) is 0 Å². The summed E-state index contributed by atoms with van der Waals surface area (Å²) < 4.78 is 0. The fourth-order valence-corrected chi connectivity index (χ4v) is 3.51. The molecule has 2 heteroatoms. The fraction of sp³-hybridized carbons (Fsp3) is 0.529. The minimum absolute atomic E-state index is 0.422. The van der Waals surface area contributed by atoms with Crippen molar-refractivity contribution in [3.8, 4) is 11.8 Å². The first-order valence-electron chi connectivity index (χ1n) is 7.35. The topological polar surface area (TPSA) is 29.3 Å². The monoisotopic (exact) mass is 254 g/mol. The number of hydrogen-bond acceptors (Lipinski definition) is 2. The molecule has 100 valence electrons. The van der Waals surface area contributed by atoms with Crippen LogP contribution in [-0.2, 0) is 0 Å². The minimum Gasteiger partial charge on any atom is -0.327 e. The number of nitrogens with two attached hydrogens (primary N) is 1. The maximum atomic E-state index is 6.24. The van der Waals surface area contributed by atoms with Crippen LogP contribution in [0.4, 0.5) is 0 Å². The van der Waals surface area contributed by atoms with E-state index in [1.165, 1.54) is 25.8 Å². The molecule has 0 amide bonds. The molecule has 3 unspecified atom stereocenters. The van der Waals surface area contributed by atoms with Crippen LogP contribution in [0.25, 0.3) is 0 Å². The lowest BCUT2D eigenvalue weighted by Gasteiger charge is -2.29. The van der Waals surface area contributed by atoms with Gasteiger partial charge in [0.25, 0.3) is 0 Å². The molecular formula is C17H22N2. The summed E-state index contributed by atoms with van der Waals surface area (Å²) in [6.45, 7) is 3.23. The molecular weight excluding hydrogens is 232 g/mol. The molecule has 3 rings (SSSR count). The van der Waals surface area contributed by atoms with Gasteiger partial charge in [0.15, 0.2) is 0 Å². The molecule has 3 atom stereocenters. The van der Waals surface area contributed by atoms with Crippen molar-refractivity contribution in [2.75, 3.05) is 19.6 Å². The van der Waals surface area contributed by atoms with Crippen molar-refractivity contribution in [2.24, 2.45) is 17.6 Å². The highest BCUT2D eigenvalue weighted by Gasteiger charge is 2.38. The molecule has 0 spiro atoms. The van der Waals surface area contributed by atoms with Crippen molar-refractivity contribution in [3.63, 3.8) is 0 Å². The number of benzene rings is 1. The van der Waals surface area contributed by atoms with E-state index in [1.54, 1.807) is 0 Å². The van der Waals surface area contributed by atoms with Gasteiger partial charge in [0, 0.05) is 24.7 Å². The SMILES string of the molecule is NC1CCCC2CN(CC#Cc3ccccc3)CC12.